The molecule has 0 saturated carbocycles. The molecule has 2 aliphatic heterocycles. The van der Waals surface area contributed by atoms with Crippen molar-refractivity contribution in [2.45, 2.75) is 42.5 Å². The first-order valence-electron chi connectivity index (χ1n) is 10.5. The van der Waals surface area contributed by atoms with E-state index in [2.05, 4.69) is 20.8 Å². The lowest BCUT2D eigenvalue weighted by atomic mass is 10.0. The zero-order chi connectivity index (χ0) is 26.7. The highest BCUT2D eigenvalue weighted by molar-refractivity contribution is 8.04. The van der Waals surface area contributed by atoms with Crippen LogP contribution in [0.15, 0.2) is 10.5 Å². The van der Waals surface area contributed by atoms with Crippen molar-refractivity contribution in [3.05, 3.63) is 11.1 Å². The summed E-state index contributed by atoms with van der Waals surface area (Å²) >= 11 is 3.47. The minimum atomic E-state index is -1.11. The Morgan fingerprint density at radius 3 is 2.75 bits per heavy atom. The number of hydrogen-bond acceptors (Lipinski definition) is 12. The molecule has 2 unspecified atom stereocenters. The van der Waals surface area contributed by atoms with Crippen molar-refractivity contribution in [1.29, 1.82) is 0 Å². The fraction of sp³-hybridized carbons (Fsp3) is 0.550. The second-order valence-corrected chi connectivity index (χ2v) is 11.9. The standard InChI is InChI=1S/C20H25N5O8S3/c1-19(2,3)33-11(27)5-32-24-12(10-6-35-18(22-10)21-9-26)14(28)23-13-15(29)25-7-20(34-4,17(30)31)8-36-16(13)25/h6,9,13,16H,5,7-8H2,1-4H3,(H,23,28)(H,30,31)(H,21,22,26)/t13?,16-,20?/m1/s1. The summed E-state index contributed by atoms with van der Waals surface area (Å²) in [5.74, 6) is -2.65. The van der Waals surface area contributed by atoms with Gasteiger partial charge in [-0.25, -0.2) is 9.78 Å². The number of carbonyl (C=O) groups is 5. The summed E-state index contributed by atoms with van der Waals surface area (Å²) in [5, 5.41) is 19.5. The molecule has 16 heteroatoms. The molecule has 0 spiro atoms. The van der Waals surface area contributed by atoms with E-state index in [1.54, 1.807) is 27.0 Å². The van der Waals surface area contributed by atoms with Gasteiger partial charge < -0.3 is 30.2 Å². The van der Waals surface area contributed by atoms with Crippen LogP contribution in [0.2, 0.25) is 0 Å². The number of fused-ring (bicyclic) bond motifs is 1. The number of thiazole rings is 1. The number of esters is 1. The molecule has 0 radical (unpaired) electrons. The molecule has 0 aromatic carbocycles. The third-order valence-electron chi connectivity index (χ3n) is 5.02. The number of amides is 3. The van der Waals surface area contributed by atoms with Crippen LogP contribution in [-0.2, 0) is 33.5 Å². The van der Waals surface area contributed by atoms with Crippen molar-refractivity contribution < 1.29 is 38.7 Å². The number of nitrogens with one attached hydrogen (secondary N) is 2. The Labute approximate surface area is 218 Å². The van der Waals surface area contributed by atoms with E-state index in [4.69, 9.17) is 9.57 Å². The molecule has 3 heterocycles. The number of carbonyl (C=O) groups excluding carboxylic acids is 4. The summed E-state index contributed by atoms with van der Waals surface area (Å²) in [4.78, 5) is 70.8. The van der Waals surface area contributed by atoms with Gasteiger partial charge in [0.05, 0.1) is 0 Å². The first-order valence-corrected chi connectivity index (χ1v) is 13.7. The number of rotatable bonds is 10. The van der Waals surface area contributed by atoms with Gasteiger partial charge in [-0.1, -0.05) is 5.16 Å². The molecule has 2 fully saturated rings. The number of hydrogen-bond donors (Lipinski definition) is 3. The van der Waals surface area contributed by atoms with E-state index in [1.807, 2.05) is 0 Å². The van der Waals surface area contributed by atoms with Gasteiger partial charge in [-0.3, -0.25) is 19.2 Å². The zero-order valence-corrected chi connectivity index (χ0v) is 22.3. The number of oxime groups is 1. The van der Waals surface area contributed by atoms with Crippen LogP contribution >= 0.6 is 34.9 Å². The van der Waals surface area contributed by atoms with Gasteiger partial charge in [0.25, 0.3) is 5.91 Å². The predicted molar refractivity (Wildman–Crippen MR) is 134 cm³/mol. The SMILES string of the molecule is CSC1(C(=O)O)CS[C@@H]2C(NC(=O)C(=NOCC(=O)OC(C)(C)C)c3csc(NC=O)n3)C(=O)N2C1. The lowest BCUT2D eigenvalue weighted by Gasteiger charge is -2.53. The van der Waals surface area contributed by atoms with Gasteiger partial charge in [0.15, 0.2) is 10.8 Å². The Kier molecular flexibility index (Phi) is 8.51. The molecule has 3 N–H and O–H groups in total. The number of carboxylic acid groups (broad SMARTS) is 1. The molecule has 3 atom stereocenters. The number of β-lactam (4-membered cyclic amide) rings is 1. The molecule has 3 rings (SSSR count). The molecule has 3 amide bonds. The number of anilines is 1. The molecule has 36 heavy (non-hydrogen) atoms. The van der Waals surface area contributed by atoms with E-state index >= 15 is 0 Å². The third-order valence-corrected chi connectivity index (χ3v) is 8.74. The maximum absolute atomic E-state index is 13.1. The Hall–Kier alpha value is -2.85. The van der Waals surface area contributed by atoms with E-state index in [0.29, 0.717) is 6.41 Å². The Morgan fingerprint density at radius 1 is 1.42 bits per heavy atom. The Bertz CT molecular complexity index is 1090. The molecule has 0 aliphatic carbocycles. The van der Waals surface area contributed by atoms with Crippen LogP contribution < -0.4 is 10.6 Å². The van der Waals surface area contributed by atoms with Gasteiger partial charge in [-0.05, 0) is 27.0 Å². The number of aliphatic carboxylic acids is 1. The number of nitrogens with zero attached hydrogens (tertiary/aromatic N) is 3. The fourth-order valence-corrected chi connectivity index (χ4v) is 6.49. The van der Waals surface area contributed by atoms with E-state index in [9.17, 15) is 29.1 Å². The average Bonchev–Trinajstić information content (AvgIpc) is 3.26. The highest BCUT2D eigenvalue weighted by Gasteiger charge is 2.57. The van der Waals surface area contributed by atoms with Crippen LogP contribution in [0.1, 0.15) is 26.5 Å². The molecule has 13 nitrogen and oxygen atoms in total. The second kappa shape index (κ2) is 11.0. The van der Waals surface area contributed by atoms with Crippen LogP contribution in [-0.4, -0.2) is 97.8 Å². The molecule has 2 saturated heterocycles. The highest BCUT2D eigenvalue weighted by Crippen LogP contribution is 2.43. The van der Waals surface area contributed by atoms with Crippen LogP contribution in [0.3, 0.4) is 0 Å². The van der Waals surface area contributed by atoms with E-state index in [0.717, 1.165) is 11.3 Å². The number of aromatic nitrogens is 1. The molecule has 1 aromatic rings. The van der Waals surface area contributed by atoms with Crippen molar-refractivity contribution >= 4 is 75.9 Å². The Balaban J connectivity index is 1.73. The van der Waals surface area contributed by atoms with Crippen molar-refractivity contribution in [3.8, 4) is 0 Å². The van der Waals surface area contributed by atoms with Gasteiger partial charge in [-0.15, -0.1) is 34.9 Å². The van der Waals surface area contributed by atoms with Gasteiger partial charge in [0, 0.05) is 17.7 Å². The summed E-state index contributed by atoms with van der Waals surface area (Å²) in [6, 6.07) is -0.904. The third kappa shape index (κ3) is 6.10. The van der Waals surface area contributed by atoms with Crippen molar-refractivity contribution in [1.82, 2.24) is 15.2 Å². The summed E-state index contributed by atoms with van der Waals surface area (Å²) in [7, 11) is 0. The van der Waals surface area contributed by atoms with E-state index < -0.39 is 52.1 Å². The summed E-state index contributed by atoms with van der Waals surface area (Å²) in [6.07, 6.45) is 2.10. The maximum Gasteiger partial charge on any atom is 0.347 e. The van der Waals surface area contributed by atoms with E-state index in [1.165, 1.54) is 33.8 Å². The second-order valence-electron chi connectivity index (χ2n) is 8.72. The maximum atomic E-state index is 13.1. The van der Waals surface area contributed by atoms with Gasteiger partial charge >= 0.3 is 11.9 Å². The van der Waals surface area contributed by atoms with Gasteiger partial charge in [0.2, 0.25) is 18.9 Å². The number of ether oxygens (including phenoxy) is 1. The lowest BCUT2D eigenvalue weighted by Crippen LogP contribution is -2.74. The van der Waals surface area contributed by atoms with Crippen molar-refractivity contribution in [2.24, 2.45) is 5.16 Å². The van der Waals surface area contributed by atoms with Crippen molar-refractivity contribution in [3.63, 3.8) is 0 Å². The monoisotopic (exact) mass is 559 g/mol. The fourth-order valence-electron chi connectivity index (χ4n) is 3.33. The Morgan fingerprint density at radius 2 is 2.14 bits per heavy atom. The normalized spacial score (nSPS) is 23.7. The minimum Gasteiger partial charge on any atom is -0.480 e. The van der Waals surface area contributed by atoms with Gasteiger partial charge in [-0.2, -0.15) is 0 Å². The van der Waals surface area contributed by atoms with Crippen LogP contribution in [0.5, 0.6) is 0 Å². The number of thioether (sulfide) groups is 2. The summed E-state index contributed by atoms with van der Waals surface area (Å²) < 4.78 is 4.02. The van der Waals surface area contributed by atoms with Crippen LogP contribution in [0, 0.1) is 0 Å². The molecular weight excluding hydrogens is 534 g/mol. The topological polar surface area (TPSA) is 177 Å². The summed E-state index contributed by atoms with van der Waals surface area (Å²) in [5.41, 5.74) is -1.000. The first kappa shape index (κ1) is 27.7. The molecule has 1 aromatic heterocycles. The van der Waals surface area contributed by atoms with Gasteiger partial charge in [0.1, 0.15) is 27.5 Å². The zero-order valence-electron chi connectivity index (χ0n) is 19.8. The highest BCUT2D eigenvalue weighted by atomic mass is 32.2. The molecule has 0 bridgehead atoms. The van der Waals surface area contributed by atoms with Crippen LogP contribution in [0.25, 0.3) is 0 Å². The molecular formula is C20H25N5O8S3. The average molecular weight is 560 g/mol. The lowest BCUT2D eigenvalue weighted by molar-refractivity contribution is -0.160. The predicted octanol–water partition coefficient (Wildman–Crippen LogP) is 0.360. The van der Waals surface area contributed by atoms with Crippen LogP contribution in [0.4, 0.5) is 5.13 Å². The minimum absolute atomic E-state index is 0.0269. The van der Waals surface area contributed by atoms with Crippen molar-refractivity contribution in [2.75, 3.05) is 30.5 Å². The smallest absolute Gasteiger partial charge is 0.347 e. The molecule has 196 valence electrons. The largest absolute Gasteiger partial charge is 0.480 e. The quantitative estimate of drug-likeness (QED) is 0.119. The first-order chi connectivity index (χ1) is 16.9. The molecule has 2 aliphatic rings. The number of carboxylic acids is 1. The summed E-state index contributed by atoms with van der Waals surface area (Å²) in [6.45, 7) is 4.51. The van der Waals surface area contributed by atoms with E-state index in [-0.39, 0.29) is 28.8 Å².